The van der Waals surface area contributed by atoms with E-state index in [1.807, 2.05) is 0 Å². The van der Waals surface area contributed by atoms with Crippen molar-refractivity contribution >= 4 is 21.9 Å². The number of aliphatic carboxylic acids is 1. The number of benzene rings is 1. The Labute approximate surface area is 95.2 Å². The summed E-state index contributed by atoms with van der Waals surface area (Å²) in [6, 6.07) is 2.51. The van der Waals surface area contributed by atoms with Gasteiger partial charge < -0.3 is 10.8 Å². The summed E-state index contributed by atoms with van der Waals surface area (Å²) in [6.07, 6.45) is 0. The predicted molar refractivity (Wildman–Crippen MR) is 58.3 cm³/mol. The number of rotatable bonds is 3. The zero-order valence-electron chi connectivity index (χ0n) is 8.13. The standard InChI is InChI=1S/C10H11BrFNO2/c1-5-7(8(4-13)10(14)15)2-6(12)3-9(5)11/h2-3,8H,4,13H2,1H3,(H,14,15). The van der Waals surface area contributed by atoms with Crippen molar-refractivity contribution in [1.82, 2.24) is 0 Å². The van der Waals surface area contributed by atoms with Crippen LogP contribution in [-0.2, 0) is 4.79 Å². The SMILES string of the molecule is Cc1c(Br)cc(F)cc1C(CN)C(=O)O. The van der Waals surface area contributed by atoms with Gasteiger partial charge in [0.2, 0.25) is 0 Å². The molecule has 1 aromatic rings. The minimum absolute atomic E-state index is 0.0495. The lowest BCUT2D eigenvalue weighted by atomic mass is 9.95. The van der Waals surface area contributed by atoms with Crippen LogP contribution in [0, 0.1) is 12.7 Å². The van der Waals surface area contributed by atoms with E-state index in [0.717, 1.165) is 0 Å². The number of carboxylic acids is 1. The summed E-state index contributed by atoms with van der Waals surface area (Å²) in [6.45, 7) is 1.68. The third-order valence-electron chi connectivity index (χ3n) is 2.26. The van der Waals surface area contributed by atoms with Crippen molar-refractivity contribution in [3.8, 4) is 0 Å². The smallest absolute Gasteiger partial charge is 0.312 e. The topological polar surface area (TPSA) is 63.3 Å². The summed E-state index contributed by atoms with van der Waals surface area (Å²) in [4.78, 5) is 10.9. The molecule has 1 unspecified atom stereocenters. The Morgan fingerprint density at radius 2 is 2.27 bits per heavy atom. The van der Waals surface area contributed by atoms with Gasteiger partial charge in [0.25, 0.3) is 0 Å². The largest absolute Gasteiger partial charge is 0.481 e. The van der Waals surface area contributed by atoms with Gasteiger partial charge in [0.05, 0.1) is 5.92 Å². The molecule has 0 heterocycles. The molecule has 3 N–H and O–H groups in total. The molecule has 0 aliphatic rings. The Morgan fingerprint density at radius 3 is 2.73 bits per heavy atom. The van der Waals surface area contributed by atoms with E-state index >= 15 is 0 Å². The summed E-state index contributed by atoms with van der Waals surface area (Å²) >= 11 is 3.17. The highest BCUT2D eigenvalue weighted by atomic mass is 79.9. The monoisotopic (exact) mass is 275 g/mol. The number of nitrogens with two attached hydrogens (primary N) is 1. The van der Waals surface area contributed by atoms with Crippen LogP contribution >= 0.6 is 15.9 Å². The Kier molecular flexibility index (Phi) is 3.82. The van der Waals surface area contributed by atoms with Crippen LogP contribution in [-0.4, -0.2) is 17.6 Å². The minimum Gasteiger partial charge on any atom is -0.481 e. The fourth-order valence-electron chi connectivity index (χ4n) is 1.39. The maximum atomic E-state index is 13.1. The third-order valence-corrected chi connectivity index (χ3v) is 3.08. The van der Waals surface area contributed by atoms with Gasteiger partial charge in [0.1, 0.15) is 5.82 Å². The first kappa shape index (κ1) is 12.1. The molecule has 0 saturated heterocycles. The fraction of sp³-hybridized carbons (Fsp3) is 0.300. The van der Waals surface area contributed by atoms with Gasteiger partial charge in [-0.25, -0.2) is 4.39 Å². The van der Waals surface area contributed by atoms with Gasteiger partial charge in [0.15, 0.2) is 0 Å². The highest BCUT2D eigenvalue weighted by Crippen LogP contribution is 2.27. The molecule has 0 aliphatic heterocycles. The molecule has 3 nitrogen and oxygen atoms in total. The molecule has 1 aromatic carbocycles. The molecule has 0 aromatic heterocycles. The van der Waals surface area contributed by atoms with Crippen molar-refractivity contribution in [1.29, 1.82) is 0 Å². The van der Waals surface area contributed by atoms with Crippen LogP contribution in [0.15, 0.2) is 16.6 Å². The maximum absolute atomic E-state index is 13.1. The van der Waals surface area contributed by atoms with Gasteiger partial charge in [-0.1, -0.05) is 15.9 Å². The number of carboxylic acid groups (broad SMARTS) is 1. The van der Waals surface area contributed by atoms with E-state index in [2.05, 4.69) is 15.9 Å². The van der Waals surface area contributed by atoms with Crippen molar-refractivity contribution in [3.63, 3.8) is 0 Å². The second kappa shape index (κ2) is 4.72. The lowest BCUT2D eigenvalue weighted by Crippen LogP contribution is -2.22. The van der Waals surface area contributed by atoms with Gasteiger partial charge in [-0.05, 0) is 30.2 Å². The van der Waals surface area contributed by atoms with E-state index < -0.39 is 17.7 Å². The number of hydrogen-bond acceptors (Lipinski definition) is 2. The predicted octanol–water partition coefficient (Wildman–Crippen LogP) is 2.02. The van der Waals surface area contributed by atoms with Crippen molar-refractivity contribution in [2.24, 2.45) is 5.73 Å². The van der Waals surface area contributed by atoms with Crippen molar-refractivity contribution < 1.29 is 14.3 Å². The average molecular weight is 276 g/mol. The number of halogens is 2. The lowest BCUT2D eigenvalue weighted by molar-refractivity contribution is -0.138. The van der Waals surface area contributed by atoms with Gasteiger partial charge in [-0.15, -0.1) is 0 Å². The Morgan fingerprint density at radius 1 is 1.67 bits per heavy atom. The van der Waals surface area contributed by atoms with Gasteiger partial charge in [-0.3, -0.25) is 4.79 Å². The first-order valence-electron chi connectivity index (χ1n) is 4.35. The van der Waals surface area contributed by atoms with Crippen LogP contribution in [0.1, 0.15) is 17.0 Å². The zero-order chi connectivity index (χ0) is 11.6. The molecule has 15 heavy (non-hydrogen) atoms. The van der Waals surface area contributed by atoms with E-state index in [1.165, 1.54) is 12.1 Å². The van der Waals surface area contributed by atoms with Crippen LogP contribution in [0.25, 0.3) is 0 Å². The minimum atomic E-state index is -1.04. The van der Waals surface area contributed by atoms with Crippen molar-refractivity contribution in [2.45, 2.75) is 12.8 Å². The van der Waals surface area contributed by atoms with Crippen molar-refractivity contribution in [3.05, 3.63) is 33.5 Å². The molecule has 0 bridgehead atoms. The molecule has 0 radical (unpaired) electrons. The Hall–Kier alpha value is -0.940. The number of hydrogen-bond donors (Lipinski definition) is 2. The molecular weight excluding hydrogens is 265 g/mol. The van der Waals surface area contributed by atoms with Crippen LogP contribution in [0.3, 0.4) is 0 Å². The molecule has 5 heteroatoms. The van der Waals surface area contributed by atoms with Crippen molar-refractivity contribution in [2.75, 3.05) is 6.54 Å². The second-order valence-corrected chi connectivity index (χ2v) is 4.08. The summed E-state index contributed by atoms with van der Waals surface area (Å²) in [5, 5.41) is 8.92. The molecule has 0 spiro atoms. The van der Waals surface area contributed by atoms with Crippen LogP contribution in [0.4, 0.5) is 4.39 Å². The van der Waals surface area contributed by atoms with Gasteiger partial charge in [0, 0.05) is 11.0 Å². The first-order chi connectivity index (χ1) is 6.97. The summed E-state index contributed by atoms with van der Waals surface area (Å²) in [7, 11) is 0. The Balaban J connectivity index is 3.28. The first-order valence-corrected chi connectivity index (χ1v) is 5.15. The van der Waals surface area contributed by atoms with E-state index in [1.54, 1.807) is 6.92 Å². The highest BCUT2D eigenvalue weighted by Gasteiger charge is 2.21. The van der Waals surface area contributed by atoms with Crippen LogP contribution < -0.4 is 5.73 Å². The fourth-order valence-corrected chi connectivity index (χ4v) is 1.84. The quantitative estimate of drug-likeness (QED) is 0.887. The third kappa shape index (κ3) is 2.54. The molecular formula is C10H11BrFNO2. The maximum Gasteiger partial charge on any atom is 0.312 e. The van der Waals surface area contributed by atoms with Crippen LogP contribution in [0.2, 0.25) is 0 Å². The molecule has 0 saturated carbocycles. The van der Waals surface area contributed by atoms with E-state index in [0.29, 0.717) is 15.6 Å². The molecule has 1 rings (SSSR count). The van der Waals surface area contributed by atoms with E-state index in [9.17, 15) is 9.18 Å². The number of carbonyl (C=O) groups is 1. The molecule has 0 amide bonds. The highest BCUT2D eigenvalue weighted by molar-refractivity contribution is 9.10. The summed E-state index contributed by atoms with van der Waals surface area (Å²) in [5.74, 6) is -2.38. The molecule has 82 valence electrons. The second-order valence-electron chi connectivity index (χ2n) is 3.23. The molecule has 1 atom stereocenters. The zero-order valence-corrected chi connectivity index (χ0v) is 9.71. The summed E-state index contributed by atoms with van der Waals surface area (Å²) in [5.41, 5.74) is 6.47. The Bertz CT molecular complexity index is 395. The average Bonchev–Trinajstić information content (AvgIpc) is 2.13. The normalized spacial score (nSPS) is 12.5. The molecule has 0 aliphatic carbocycles. The van der Waals surface area contributed by atoms with E-state index in [4.69, 9.17) is 10.8 Å². The lowest BCUT2D eigenvalue weighted by Gasteiger charge is -2.14. The van der Waals surface area contributed by atoms with Gasteiger partial charge >= 0.3 is 5.97 Å². The van der Waals surface area contributed by atoms with Gasteiger partial charge in [-0.2, -0.15) is 0 Å². The van der Waals surface area contributed by atoms with E-state index in [-0.39, 0.29) is 6.54 Å². The van der Waals surface area contributed by atoms with Crippen LogP contribution in [0.5, 0.6) is 0 Å². The summed E-state index contributed by atoms with van der Waals surface area (Å²) < 4.78 is 13.7. The molecule has 0 fully saturated rings.